The predicted molar refractivity (Wildman–Crippen MR) is 178 cm³/mol. The molecule has 4 aliphatic rings. The van der Waals surface area contributed by atoms with E-state index in [0.717, 1.165) is 0 Å². The Balaban J connectivity index is 1.35. The lowest BCUT2D eigenvalue weighted by molar-refractivity contribution is 0.250. The smallest absolute Gasteiger partial charge is 0.0374 e. The number of hydrogen-bond donors (Lipinski definition) is 0. The molecule has 2 aromatic heterocycles. The quantitative estimate of drug-likeness (QED) is 0.225. The summed E-state index contributed by atoms with van der Waals surface area (Å²) in [6.45, 7) is 9.57. The molecule has 0 radical (unpaired) electrons. The van der Waals surface area contributed by atoms with Crippen molar-refractivity contribution in [1.29, 1.82) is 0 Å². The second kappa shape index (κ2) is 11.5. The first-order valence-corrected chi connectivity index (χ1v) is 17.4. The third kappa shape index (κ3) is 4.56. The fraction of sp³-hybridized carbons (Fsp3) is 0.421. The van der Waals surface area contributed by atoms with Crippen molar-refractivity contribution in [3.05, 3.63) is 115 Å². The summed E-state index contributed by atoms with van der Waals surface area (Å²) in [6.07, 6.45) is 32.6. The van der Waals surface area contributed by atoms with E-state index in [1.165, 1.54) is 119 Å². The molecule has 0 aromatic carbocycles. The molecule has 4 aliphatic carbocycles. The van der Waals surface area contributed by atoms with E-state index in [-0.39, 0.29) is 10.8 Å². The van der Waals surface area contributed by atoms with Crippen LogP contribution >= 0.6 is 22.7 Å². The summed E-state index contributed by atoms with van der Waals surface area (Å²) >= 11 is 3.83. The highest BCUT2D eigenvalue weighted by molar-refractivity contribution is 7.11. The molecular weight excluding hydrogens is 521 g/mol. The lowest BCUT2D eigenvalue weighted by atomic mass is 9.46. The van der Waals surface area contributed by atoms with Crippen LogP contribution in [0.4, 0.5) is 0 Å². The van der Waals surface area contributed by atoms with Crippen molar-refractivity contribution in [2.45, 2.75) is 91.9 Å². The van der Waals surface area contributed by atoms with Gasteiger partial charge in [0.05, 0.1) is 0 Å². The van der Waals surface area contributed by atoms with Gasteiger partial charge in [0.1, 0.15) is 0 Å². The fourth-order valence-electron chi connectivity index (χ4n) is 7.36. The van der Waals surface area contributed by atoms with Gasteiger partial charge in [-0.05, 0) is 117 Å². The molecule has 208 valence electrons. The Morgan fingerprint density at radius 3 is 1.43 bits per heavy atom. The molecule has 2 aromatic rings. The highest BCUT2D eigenvalue weighted by atomic mass is 32.1. The molecule has 0 N–H and O–H groups in total. The lowest BCUT2D eigenvalue weighted by Crippen LogP contribution is -2.47. The van der Waals surface area contributed by atoms with Gasteiger partial charge < -0.3 is 0 Å². The first-order chi connectivity index (χ1) is 19.5. The van der Waals surface area contributed by atoms with Gasteiger partial charge in [0.15, 0.2) is 0 Å². The van der Waals surface area contributed by atoms with Crippen molar-refractivity contribution in [3.8, 4) is 0 Å². The number of allylic oxidation sites excluding steroid dienone is 14. The van der Waals surface area contributed by atoms with Gasteiger partial charge in [0.2, 0.25) is 0 Å². The molecule has 2 unspecified atom stereocenters. The molecule has 2 heterocycles. The van der Waals surface area contributed by atoms with Crippen LogP contribution in [-0.2, 0) is 12.8 Å². The monoisotopic (exact) mass is 564 g/mol. The maximum Gasteiger partial charge on any atom is 0.0374 e. The second-order valence-electron chi connectivity index (χ2n) is 12.4. The molecule has 40 heavy (non-hydrogen) atoms. The third-order valence-electron chi connectivity index (χ3n) is 10.1. The van der Waals surface area contributed by atoms with Gasteiger partial charge in [-0.2, -0.15) is 0 Å². The van der Waals surface area contributed by atoms with Gasteiger partial charge in [0.25, 0.3) is 0 Å². The Morgan fingerprint density at radius 2 is 1.00 bits per heavy atom. The first kappa shape index (κ1) is 27.7. The normalized spacial score (nSPS) is 24.5. The third-order valence-corrected chi connectivity index (χ3v) is 12.1. The Hall–Kier alpha value is -2.42. The minimum Gasteiger partial charge on any atom is -0.144 e. The van der Waals surface area contributed by atoms with Crippen molar-refractivity contribution >= 4 is 33.8 Å². The molecule has 2 heteroatoms. The maximum atomic E-state index is 2.51. The van der Waals surface area contributed by atoms with Crippen LogP contribution in [0, 0.1) is 10.8 Å². The fourth-order valence-corrected chi connectivity index (χ4v) is 9.24. The van der Waals surface area contributed by atoms with E-state index in [2.05, 4.69) is 99.2 Å². The minimum atomic E-state index is -0.0554. The van der Waals surface area contributed by atoms with Crippen LogP contribution in [-0.4, -0.2) is 0 Å². The van der Waals surface area contributed by atoms with Gasteiger partial charge in [-0.15, -0.1) is 22.7 Å². The molecule has 0 nitrogen and oxygen atoms in total. The Kier molecular flexibility index (Phi) is 7.94. The highest BCUT2D eigenvalue weighted by Gasteiger charge is 2.56. The molecule has 0 saturated heterocycles. The largest absolute Gasteiger partial charge is 0.144 e. The van der Waals surface area contributed by atoms with Crippen molar-refractivity contribution in [2.24, 2.45) is 10.8 Å². The Morgan fingerprint density at radius 1 is 0.550 bits per heavy atom. The first-order valence-electron chi connectivity index (χ1n) is 15.6. The van der Waals surface area contributed by atoms with Crippen molar-refractivity contribution in [2.75, 3.05) is 0 Å². The van der Waals surface area contributed by atoms with E-state index < -0.39 is 0 Å². The van der Waals surface area contributed by atoms with Crippen LogP contribution in [0.3, 0.4) is 0 Å². The van der Waals surface area contributed by atoms with E-state index in [4.69, 9.17) is 0 Å². The summed E-state index contributed by atoms with van der Waals surface area (Å²) in [5, 5.41) is 4.58. The van der Waals surface area contributed by atoms with Gasteiger partial charge in [-0.25, -0.2) is 0 Å². The summed E-state index contributed by atoms with van der Waals surface area (Å²) in [7, 11) is 0. The molecule has 0 aliphatic heterocycles. The topological polar surface area (TPSA) is 0 Å². The van der Waals surface area contributed by atoms with Crippen LogP contribution in [0.5, 0.6) is 0 Å². The number of rotatable bonds is 12. The zero-order valence-corrected chi connectivity index (χ0v) is 26.4. The number of hydrogen-bond acceptors (Lipinski definition) is 2. The molecule has 6 rings (SSSR count). The van der Waals surface area contributed by atoms with Gasteiger partial charge in [0, 0.05) is 20.6 Å². The summed E-state index contributed by atoms with van der Waals surface area (Å²) < 4.78 is 0. The average molecular weight is 565 g/mol. The van der Waals surface area contributed by atoms with E-state index >= 15 is 0 Å². The van der Waals surface area contributed by atoms with Crippen molar-refractivity contribution < 1.29 is 0 Å². The number of aryl methyl sites for hydroxylation is 2. The minimum absolute atomic E-state index is 0.0554. The zero-order chi connectivity index (χ0) is 27.7. The lowest BCUT2D eigenvalue weighted by Gasteiger charge is -2.56. The Labute approximate surface area is 250 Å². The van der Waals surface area contributed by atoms with Gasteiger partial charge >= 0.3 is 0 Å². The molecular formula is C38H44S2. The van der Waals surface area contributed by atoms with Crippen LogP contribution in [0.1, 0.15) is 99.9 Å². The summed E-state index contributed by atoms with van der Waals surface area (Å²) in [5.74, 6) is 0. The highest BCUT2D eigenvalue weighted by Crippen LogP contribution is 2.66. The standard InChI is InChI=1S/C38H44S2/c1-5-7-9-11-13-27-19-21-39-35(27)29-23-31-15-17-33-25-30(36-28(20-22-40-36)14-12-10-8-6-2)26-34-18-16-32(24-29)37(31,3)38(33,34)4/h15-26H,5-14H2,1-4H3. The summed E-state index contributed by atoms with van der Waals surface area (Å²) in [4.78, 5) is 2.94. The molecule has 0 saturated carbocycles. The van der Waals surface area contributed by atoms with Gasteiger partial charge in [-0.1, -0.05) is 90.5 Å². The van der Waals surface area contributed by atoms with E-state index in [0.29, 0.717) is 0 Å². The summed E-state index contributed by atoms with van der Waals surface area (Å²) in [5.41, 5.74) is 11.6. The van der Waals surface area contributed by atoms with Crippen molar-refractivity contribution in [1.82, 2.24) is 0 Å². The Bertz CT molecular complexity index is 1380. The molecule has 0 amide bonds. The maximum absolute atomic E-state index is 2.51. The van der Waals surface area contributed by atoms with Crippen molar-refractivity contribution in [3.63, 3.8) is 0 Å². The van der Waals surface area contributed by atoms with E-state index in [1.54, 1.807) is 0 Å². The van der Waals surface area contributed by atoms with Crippen LogP contribution in [0.15, 0.2) is 93.8 Å². The molecule has 0 spiro atoms. The zero-order valence-electron chi connectivity index (χ0n) is 24.8. The average Bonchev–Trinajstić information content (AvgIpc) is 3.62. The van der Waals surface area contributed by atoms with Crippen LogP contribution in [0.25, 0.3) is 11.1 Å². The number of thiophene rings is 2. The predicted octanol–water partition coefficient (Wildman–Crippen LogP) is 11.9. The number of unbranched alkanes of at least 4 members (excludes halogenated alkanes) is 6. The van der Waals surface area contributed by atoms with Gasteiger partial charge in [-0.3, -0.25) is 0 Å². The van der Waals surface area contributed by atoms with E-state index in [1.807, 2.05) is 22.7 Å². The SMILES string of the molecule is CCCCCCc1ccsc1C1=CC2=CC=C3C=C(c4sccc4CCCCCC)C=C4C=CC(=C1)C2(C)C34C. The second-order valence-corrected chi connectivity index (χ2v) is 14.2. The molecule has 0 bridgehead atoms. The summed E-state index contributed by atoms with van der Waals surface area (Å²) in [6, 6.07) is 4.72. The van der Waals surface area contributed by atoms with E-state index in [9.17, 15) is 0 Å². The van der Waals surface area contributed by atoms with Crippen LogP contribution < -0.4 is 0 Å². The molecule has 0 fully saturated rings. The van der Waals surface area contributed by atoms with Crippen LogP contribution in [0.2, 0.25) is 0 Å². The molecule has 2 atom stereocenters.